The van der Waals surface area contributed by atoms with E-state index in [0.717, 1.165) is 5.56 Å². The molecule has 2 saturated heterocycles. The monoisotopic (exact) mass is 473 g/mol. The molecular formula is C23H31N5O6. The van der Waals surface area contributed by atoms with E-state index in [1.165, 1.54) is 9.80 Å². The average Bonchev–Trinajstić information content (AvgIpc) is 3.51. The van der Waals surface area contributed by atoms with Crippen molar-refractivity contribution in [1.29, 1.82) is 0 Å². The Morgan fingerprint density at radius 2 is 1.59 bits per heavy atom. The van der Waals surface area contributed by atoms with Crippen molar-refractivity contribution in [2.45, 2.75) is 50.2 Å². The summed E-state index contributed by atoms with van der Waals surface area (Å²) in [7, 11) is 0. The summed E-state index contributed by atoms with van der Waals surface area (Å²) in [5.74, 6) is -2.89. The largest absolute Gasteiger partial charge is 0.480 e. The molecule has 0 aliphatic carbocycles. The van der Waals surface area contributed by atoms with E-state index in [1.807, 2.05) is 30.3 Å². The fraction of sp³-hybridized carbons (Fsp3) is 0.522. The van der Waals surface area contributed by atoms with Crippen molar-refractivity contribution < 1.29 is 29.1 Å². The van der Waals surface area contributed by atoms with Gasteiger partial charge in [-0.2, -0.15) is 0 Å². The number of carboxylic acids is 1. The van der Waals surface area contributed by atoms with Crippen molar-refractivity contribution in [2.75, 3.05) is 26.2 Å². The van der Waals surface area contributed by atoms with Crippen LogP contribution in [-0.2, 0) is 30.4 Å². The van der Waals surface area contributed by atoms with Crippen molar-refractivity contribution >= 4 is 29.6 Å². The molecule has 1 aromatic carbocycles. The van der Waals surface area contributed by atoms with E-state index in [0.29, 0.717) is 45.2 Å². The fourth-order valence-corrected chi connectivity index (χ4v) is 4.42. The highest BCUT2D eigenvalue weighted by Gasteiger charge is 2.36. The standard InChI is InChI=1S/C23H31N5O6/c24-16(12-15-6-2-1-3-7-15)22(32)28-11-4-8-17(28)21(31)26-13-19(29)25-14-20(30)27-10-5-9-18(27)23(33)34/h1-3,6-7,16-18H,4-5,8-14,24H2,(H,25,29)(H,26,31)(H,33,34)/t16-,17-,18-/m0/s1. The van der Waals surface area contributed by atoms with Gasteiger partial charge < -0.3 is 31.3 Å². The van der Waals surface area contributed by atoms with Crippen LogP contribution in [0.25, 0.3) is 0 Å². The highest BCUT2D eigenvalue weighted by molar-refractivity contribution is 5.93. The van der Waals surface area contributed by atoms with Crippen molar-refractivity contribution in [3.63, 3.8) is 0 Å². The van der Waals surface area contributed by atoms with Crippen LogP contribution in [0.15, 0.2) is 30.3 Å². The lowest BCUT2D eigenvalue weighted by atomic mass is 10.1. The molecule has 4 amide bonds. The summed E-state index contributed by atoms with van der Waals surface area (Å²) >= 11 is 0. The number of nitrogens with zero attached hydrogens (tertiary/aromatic N) is 2. The summed E-state index contributed by atoms with van der Waals surface area (Å²) < 4.78 is 0. The zero-order valence-electron chi connectivity index (χ0n) is 18.9. The second kappa shape index (κ2) is 11.6. The number of benzene rings is 1. The highest BCUT2D eigenvalue weighted by atomic mass is 16.4. The maximum absolute atomic E-state index is 12.8. The molecule has 2 heterocycles. The zero-order chi connectivity index (χ0) is 24.7. The SMILES string of the molecule is N[C@@H](Cc1ccccc1)C(=O)N1CCC[C@H]1C(=O)NCC(=O)NCC(=O)N1CCC[C@H]1C(=O)O. The number of likely N-dealkylation sites (tertiary alicyclic amines) is 2. The number of rotatable bonds is 9. The predicted molar refractivity (Wildman–Crippen MR) is 121 cm³/mol. The van der Waals surface area contributed by atoms with Crippen molar-refractivity contribution in [1.82, 2.24) is 20.4 Å². The predicted octanol–water partition coefficient (Wildman–Crippen LogP) is -1.14. The van der Waals surface area contributed by atoms with Gasteiger partial charge in [-0.15, -0.1) is 0 Å². The van der Waals surface area contributed by atoms with Crippen LogP contribution < -0.4 is 16.4 Å². The van der Waals surface area contributed by atoms with Crippen LogP contribution in [0.4, 0.5) is 0 Å². The minimum Gasteiger partial charge on any atom is -0.480 e. The highest BCUT2D eigenvalue weighted by Crippen LogP contribution is 2.19. The smallest absolute Gasteiger partial charge is 0.326 e. The molecule has 11 heteroatoms. The van der Waals surface area contributed by atoms with Gasteiger partial charge in [0.1, 0.15) is 12.1 Å². The van der Waals surface area contributed by atoms with Crippen LogP contribution in [0, 0.1) is 0 Å². The minimum absolute atomic E-state index is 0.310. The van der Waals surface area contributed by atoms with Gasteiger partial charge >= 0.3 is 5.97 Å². The third-order valence-electron chi connectivity index (χ3n) is 6.17. The second-order valence-electron chi connectivity index (χ2n) is 8.56. The first-order chi connectivity index (χ1) is 16.3. The third-order valence-corrected chi connectivity index (χ3v) is 6.17. The van der Waals surface area contributed by atoms with Gasteiger partial charge in [-0.25, -0.2) is 4.79 Å². The second-order valence-corrected chi connectivity index (χ2v) is 8.56. The van der Waals surface area contributed by atoms with Crippen LogP contribution >= 0.6 is 0 Å². The molecule has 5 N–H and O–H groups in total. The summed E-state index contributed by atoms with van der Waals surface area (Å²) in [5.41, 5.74) is 7.03. The Morgan fingerprint density at radius 3 is 2.26 bits per heavy atom. The molecule has 3 atom stereocenters. The molecule has 34 heavy (non-hydrogen) atoms. The van der Waals surface area contributed by atoms with Crippen LogP contribution in [0.3, 0.4) is 0 Å². The summed E-state index contributed by atoms with van der Waals surface area (Å²) in [5, 5.41) is 14.1. The molecule has 11 nitrogen and oxygen atoms in total. The number of aliphatic carboxylic acids is 1. The molecule has 0 radical (unpaired) electrons. The lowest BCUT2D eigenvalue weighted by Crippen LogP contribution is -2.53. The number of nitrogens with two attached hydrogens (primary N) is 1. The topological polar surface area (TPSA) is 162 Å². The summed E-state index contributed by atoms with van der Waals surface area (Å²) in [4.78, 5) is 63.7. The van der Waals surface area contributed by atoms with Crippen molar-refractivity contribution in [3.05, 3.63) is 35.9 Å². The van der Waals surface area contributed by atoms with Gasteiger partial charge in [-0.3, -0.25) is 19.2 Å². The van der Waals surface area contributed by atoms with E-state index in [1.54, 1.807) is 0 Å². The molecule has 2 fully saturated rings. The van der Waals surface area contributed by atoms with Gasteiger partial charge in [0.25, 0.3) is 0 Å². The van der Waals surface area contributed by atoms with Gasteiger partial charge in [-0.05, 0) is 37.7 Å². The van der Waals surface area contributed by atoms with E-state index >= 15 is 0 Å². The van der Waals surface area contributed by atoms with Gasteiger partial charge in [0.15, 0.2) is 0 Å². The fourth-order valence-electron chi connectivity index (χ4n) is 4.42. The summed E-state index contributed by atoms with van der Waals surface area (Å²) in [6.07, 6.45) is 2.47. The van der Waals surface area contributed by atoms with Crippen LogP contribution in [0.2, 0.25) is 0 Å². The normalized spacial score (nSPS) is 20.6. The molecule has 0 unspecified atom stereocenters. The molecule has 3 rings (SSSR count). The maximum atomic E-state index is 12.8. The molecule has 2 aliphatic heterocycles. The summed E-state index contributed by atoms with van der Waals surface area (Å²) in [6.45, 7) is 0.0466. The van der Waals surface area contributed by atoms with E-state index in [9.17, 15) is 24.0 Å². The van der Waals surface area contributed by atoms with E-state index in [-0.39, 0.29) is 19.0 Å². The number of carbonyl (C=O) groups is 5. The van der Waals surface area contributed by atoms with E-state index in [4.69, 9.17) is 10.8 Å². The first kappa shape index (κ1) is 25.2. The Morgan fingerprint density at radius 1 is 0.941 bits per heavy atom. The first-order valence-corrected chi connectivity index (χ1v) is 11.4. The Balaban J connectivity index is 1.44. The molecule has 0 saturated carbocycles. The molecule has 0 spiro atoms. The molecule has 2 aliphatic rings. The van der Waals surface area contributed by atoms with Crippen LogP contribution in [-0.4, -0.2) is 88.8 Å². The van der Waals surface area contributed by atoms with Crippen LogP contribution in [0.1, 0.15) is 31.2 Å². The minimum atomic E-state index is -1.07. The maximum Gasteiger partial charge on any atom is 0.326 e. The first-order valence-electron chi connectivity index (χ1n) is 11.4. The quantitative estimate of drug-likeness (QED) is 0.352. The Hall–Kier alpha value is -3.47. The van der Waals surface area contributed by atoms with E-state index in [2.05, 4.69) is 10.6 Å². The summed E-state index contributed by atoms with van der Waals surface area (Å²) in [6, 6.07) is 7.04. The van der Waals surface area contributed by atoms with Gasteiger partial charge in [0.2, 0.25) is 23.6 Å². The lowest BCUT2D eigenvalue weighted by molar-refractivity contribution is -0.148. The zero-order valence-corrected chi connectivity index (χ0v) is 18.9. The number of nitrogens with one attached hydrogen (secondary N) is 2. The molecular weight excluding hydrogens is 442 g/mol. The Labute approximate surface area is 197 Å². The lowest BCUT2D eigenvalue weighted by Gasteiger charge is -2.26. The average molecular weight is 474 g/mol. The molecule has 0 aromatic heterocycles. The number of hydrogen-bond acceptors (Lipinski definition) is 6. The molecule has 184 valence electrons. The van der Waals surface area contributed by atoms with Gasteiger partial charge in [0, 0.05) is 13.1 Å². The molecule has 0 bridgehead atoms. The number of amides is 4. The third kappa shape index (κ3) is 6.31. The van der Waals surface area contributed by atoms with E-state index < -0.39 is 41.8 Å². The Bertz CT molecular complexity index is 924. The number of carbonyl (C=O) groups excluding carboxylic acids is 4. The van der Waals surface area contributed by atoms with Crippen LogP contribution in [0.5, 0.6) is 0 Å². The van der Waals surface area contributed by atoms with Gasteiger partial charge in [0.05, 0.1) is 19.1 Å². The number of hydrogen-bond donors (Lipinski definition) is 4. The molecule has 1 aromatic rings. The van der Waals surface area contributed by atoms with Crippen molar-refractivity contribution in [2.24, 2.45) is 5.73 Å². The Kier molecular flexibility index (Phi) is 8.58. The van der Waals surface area contributed by atoms with Gasteiger partial charge in [-0.1, -0.05) is 30.3 Å². The number of carboxylic acid groups (broad SMARTS) is 1. The van der Waals surface area contributed by atoms with Crippen molar-refractivity contribution in [3.8, 4) is 0 Å².